The maximum Gasteiger partial charge on any atom is 0.186 e. The molecule has 15 heavy (non-hydrogen) atoms. The minimum absolute atomic E-state index is 0.0624. The van der Waals surface area contributed by atoms with Crippen molar-refractivity contribution < 1.29 is 4.79 Å². The van der Waals surface area contributed by atoms with E-state index in [4.69, 9.17) is 0 Å². The van der Waals surface area contributed by atoms with E-state index in [0.29, 0.717) is 5.56 Å². The molecule has 0 spiro atoms. The van der Waals surface area contributed by atoms with Gasteiger partial charge in [-0.15, -0.1) is 0 Å². The molecule has 0 atom stereocenters. The normalized spacial score (nSPS) is 10.2. The van der Waals surface area contributed by atoms with E-state index in [9.17, 15) is 4.79 Å². The molecule has 0 aliphatic rings. The summed E-state index contributed by atoms with van der Waals surface area (Å²) in [6, 6.07) is 11.7. The number of halogens is 1. The summed E-state index contributed by atoms with van der Waals surface area (Å²) >= 11 is 3.45. The van der Waals surface area contributed by atoms with Crippen LogP contribution in [0.5, 0.6) is 0 Å². The molecule has 2 aromatic rings. The van der Waals surface area contributed by atoms with Crippen molar-refractivity contribution in [2.24, 2.45) is 0 Å². The molecule has 2 rings (SSSR count). The SMILES string of the molecule is C=CC(=O)c1ccc2ccccc2c1Br. The zero-order chi connectivity index (χ0) is 10.8. The second kappa shape index (κ2) is 3.99. The fourth-order valence-electron chi connectivity index (χ4n) is 1.53. The maximum atomic E-state index is 11.5. The van der Waals surface area contributed by atoms with Gasteiger partial charge < -0.3 is 0 Å². The molecule has 2 aromatic carbocycles. The van der Waals surface area contributed by atoms with Gasteiger partial charge in [0.05, 0.1) is 0 Å². The van der Waals surface area contributed by atoms with E-state index in [1.165, 1.54) is 6.08 Å². The van der Waals surface area contributed by atoms with Gasteiger partial charge >= 0.3 is 0 Å². The fourth-order valence-corrected chi connectivity index (χ4v) is 2.22. The van der Waals surface area contributed by atoms with Crippen molar-refractivity contribution in [1.29, 1.82) is 0 Å². The van der Waals surface area contributed by atoms with Gasteiger partial charge in [0.25, 0.3) is 0 Å². The second-order valence-electron chi connectivity index (χ2n) is 3.22. The molecule has 0 heterocycles. The Kier molecular flexibility index (Phi) is 2.69. The number of fused-ring (bicyclic) bond motifs is 1. The molecule has 0 aromatic heterocycles. The highest BCUT2D eigenvalue weighted by Gasteiger charge is 2.08. The first-order valence-corrected chi connectivity index (χ1v) is 5.37. The number of allylic oxidation sites excluding steroid dienone is 1. The zero-order valence-electron chi connectivity index (χ0n) is 8.03. The number of rotatable bonds is 2. The monoisotopic (exact) mass is 260 g/mol. The van der Waals surface area contributed by atoms with Crippen molar-refractivity contribution in [3.63, 3.8) is 0 Å². The number of benzene rings is 2. The van der Waals surface area contributed by atoms with Crippen LogP contribution in [0.1, 0.15) is 10.4 Å². The minimum atomic E-state index is -0.0624. The third-order valence-electron chi connectivity index (χ3n) is 2.31. The van der Waals surface area contributed by atoms with Gasteiger partial charge in [0.1, 0.15) is 0 Å². The summed E-state index contributed by atoms with van der Waals surface area (Å²) in [5.74, 6) is -0.0624. The van der Waals surface area contributed by atoms with E-state index >= 15 is 0 Å². The van der Waals surface area contributed by atoms with Crippen molar-refractivity contribution in [1.82, 2.24) is 0 Å². The van der Waals surface area contributed by atoms with Crippen molar-refractivity contribution in [3.8, 4) is 0 Å². The smallest absolute Gasteiger partial charge is 0.186 e. The quantitative estimate of drug-likeness (QED) is 0.590. The van der Waals surface area contributed by atoms with Crippen LogP contribution in [0.25, 0.3) is 10.8 Å². The Bertz CT molecular complexity index is 543. The fraction of sp³-hybridized carbons (Fsp3) is 0. The molecule has 0 radical (unpaired) electrons. The summed E-state index contributed by atoms with van der Waals surface area (Å²) in [7, 11) is 0. The lowest BCUT2D eigenvalue weighted by molar-refractivity contribution is 0.104. The molecule has 1 nitrogen and oxygen atoms in total. The Balaban J connectivity index is 2.75. The van der Waals surface area contributed by atoms with E-state index in [0.717, 1.165) is 15.2 Å². The molecule has 0 fully saturated rings. The molecule has 0 unspecified atom stereocenters. The van der Waals surface area contributed by atoms with Crippen LogP contribution >= 0.6 is 15.9 Å². The third kappa shape index (κ3) is 1.73. The van der Waals surface area contributed by atoms with Gasteiger partial charge in [-0.3, -0.25) is 4.79 Å². The number of hydrogen-bond acceptors (Lipinski definition) is 1. The van der Waals surface area contributed by atoms with Gasteiger partial charge in [0.15, 0.2) is 5.78 Å². The Morgan fingerprint density at radius 1 is 1.20 bits per heavy atom. The molecule has 2 heteroatoms. The summed E-state index contributed by atoms with van der Waals surface area (Å²) in [6.07, 6.45) is 1.33. The summed E-state index contributed by atoms with van der Waals surface area (Å²) in [5, 5.41) is 2.16. The van der Waals surface area contributed by atoms with Gasteiger partial charge in [0.2, 0.25) is 0 Å². The van der Waals surface area contributed by atoms with Crippen LogP contribution in [-0.4, -0.2) is 5.78 Å². The molecule has 0 aliphatic heterocycles. The van der Waals surface area contributed by atoms with Gasteiger partial charge in [-0.2, -0.15) is 0 Å². The number of ketones is 1. The highest BCUT2D eigenvalue weighted by Crippen LogP contribution is 2.27. The first-order valence-electron chi connectivity index (χ1n) is 4.58. The summed E-state index contributed by atoms with van der Waals surface area (Å²) in [6.45, 7) is 3.49. The molecule has 0 amide bonds. The molecule has 0 aliphatic carbocycles. The first-order chi connectivity index (χ1) is 7.24. The van der Waals surface area contributed by atoms with Crippen LogP contribution in [0.4, 0.5) is 0 Å². The van der Waals surface area contributed by atoms with Crippen LogP contribution in [-0.2, 0) is 0 Å². The molecule has 0 bridgehead atoms. The Hall–Kier alpha value is -1.41. The Morgan fingerprint density at radius 3 is 2.67 bits per heavy atom. The van der Waals surface area contributed by atoms with Crippen LogP contribution in [0, 0.1) is 0 Å². The minimum Gasteiger partial charge on any atom is -0.289 e. The lowest BCUT2D eigenvalue weighted by Gasteiger charge is -2.04. The predicted octanol–water partition coefficient (Wildman–Crippen LogP) is 3.97. The lowest BCUT2D eigenvalue weighted by Crippen LogP contribution is -1.95. The van der Waals surface area contributed by atoms with Crippen molar-refractivity contribution >= 4 is 32.5 Å². The lowest BCUT2D eigenvalue weighted by atomic mass is 10.0. The highest BCUT2D eigenvalue weighted by atomic mass is 79.9. The molecule has 0 saturated carbocycles. The van der Waals surface area contributed by atoms with Crippen LogP contribution < -0.4 is 0 Å². The van der Waals surface area contributed by atoms with Crippen LogP contribution in [0.3, 0.4) is 0 Å². The summed E-state index contributed by atoms with van der Waals surface area (Å²) in [5.41, 5.74) is 0.656. The molecule has 0 saturated heterocycles. The van der Waals surface area contributed by atoms with Gasteiger partial charge in [0, 0.05) is 10.0 Å². The number of carbonyl (C=O) groups is 1. The first kappa shape index (κ1) is 10.1. The molecule has 0 N–H and O–H groups in total. The van der Waals surface area contributed by atoms with Gasteiger partial charge in [-0.25, -0.2) is 0 Å². The van der Waals surface area contributed by atoms with E-state index in [1.54, 1.807) is 0 Å². The molecular weight excluding hydrogens is 252 g/mol. The average molecular weight is 261 g/mol. The van der Waals surface area contributed by atoms with Crippen molar-refractivity contribution in [2.75, 3.05) is 0 Å². The summed E-state index contributed by atoms with van der Waals surface area (Å²) < 4.78 is 0.838. The molecule has 74 valence electrons. The number of hydrogen-bond donors (Lipinski definition) is 0. The maximum absolute atomic E-state index is 11.5. The van der Waals surface area contributed by atoms with E-state index in [-0.39, 0.29) is 5.78 Å². The van der Waals surface area contributed by atoms with E-state index < -0.39 is 0 Å². The van der Waals surface area contributed by atoms with Gasteiger partial charge in [-0.05, 0) is 38.8 Å². The van der Waals surface area contributed by atoms with Gasteiger partial charge in [-0.1, -0.05) is 36.9 Å². The van der Waals surface area contributed by atoms with Crippen molar-refractivity contribution in [2.45, 2.75) is 0 Å². The van der Waals surface area contributed by atoms with Crippen LogP contribution in [0.2, 0.25) is 0 Å². The van der Waals surface area contributed by atoms with E-state index in [2.05, 4.69) is 22.5 Å². The number of carbonyl (C=O) groups excluding carboxylic acids is 1. The topological polar surface area (TPSA) is 17.1 Å². The standard InChI is InChI=1S/C13H9BrO/c1-2-12(15)11-8-7-9-5-3-4-6-10(9)13(11)14/h2-8H,1H2. The second-order valence-corrected chi connectivity index (χ2v) is 4.01. The Labute approximate surface area is 96.5 Å². The molecular formula is C13H9BrO. The largest absolute Gasteiger partial charge is 0.289 e. The zero-order valence-corrected chi connectivity index (χ0v) is 9.62. The third-order valence-corrected chi connectivity index (χ3v) is 3.17. The van der Waals surface area contributed by atoms with E-state index in [1.807, 2.05) is 36.4 Å². The van der Waals surface area contributed by atoms with Crippen molar-refractivity contribution in [3.05, 3.63) is 59.1 Å². The predicted molar refractivity (Wildman–Crippen MR) is 66.2 cm³/mol. The Morgan fingerprint density at radius 2 is 1.93 bits per heavy atom. The highest BCUT2D eigenvalue weighted by molar-refractivity contribution is 9.10. The average Bonchev–Trinajstić information content (AvgIpc) is 2.29. The summed E-state index contributed by atoms with van der Waals surface area (Å²) in [4.78, 5) is 11.5. The van der Waals surface area contributed by atoms with Crippen LogP contribution in [0.15, 0.2) is 53.5 Å².